The molecule has 4 N–H and O–H groups in total. The van der Waals surface area contributed by atoms with E-state index in [1.165, 1.54) is 17.0 Å². The van der Waals surface area contributed by atoms with Gasteiger partial charge in [0.2, 0.25) is 0 Å². The Hall–Kier alpha value is -3.20. The van der Waals surface area contributed by atoms with Gasteiger partial charge in [0.25, 0.3) is 11.8 Å². The maximum Gasteiger partial charge on any atom is 0.271 e. The van der Waals surface area contributed by atoms with Crippen LogP contribution in [0.1, 0.15) is 33.8 Å². The van der Waals surface area contributed by atoms with Crippen molar-refractivity contribution in [3.8, 4) is 11.5 Å². The van der Waals surface area contributed by atoms with Crippen molar-refractivity contribution >= 4 is 17.5 Å². The Kier molecular flexibility index (Phi) is 4.13. The van der Waals surface area contributed by atoms with Crippen molar-refractivity contribution in [3.63, 3.8) is 0 Å². The van der Waals surface area contributed by atoms with Crippen LogP contribution in [0, 0.1) is 0 Å². The smallest absolute Gasteiger partial charge is 0.271 e. The molecular weight excluding hydrogens is 336 g/mol. The van der Waals surface area contributed by atoms with E-state index in [-0.39, 0.29) is 23.3 Å². The molecule has 0 aliphatic carbocycles. The number of fused-ring (bicyclic) bond motifs is 1. The highest BCUT2D eigenvalue weighted by Gasteiger charge is 2.22. The normalized spacial score (nSPS) is 17.3. The number of carbonyl (C=O) groups excluding carboxylic acids is 2. The zero-order chi connectivity index (χ0) is 18.1. The van der Waals surface area contributed by atoms with Crippen molar-refractivity contribution in [1.29, 1.82) is 0 Å². The number of imidazole rings is 1. The van der Waals surface area contributed by atoms with Crippen molar-refractivity contribution in [2.24, 2.45) is 5.73 Å². The SMILES string of the molecule is NC(=O)c1ncn2c(C(=O)NC3CCCNC3)cc(-c3ccco3)nc12. The first-order chi connectivity index (χ1) is 12.6. The Labute approximate surface area is 148 Å². The van der Waals surface area contributed by atoms with Crippen molar-refractivity contribution in [3.05, 3.63) is 42.2 Å². The highest BCUT2D eigenvalue weighted by Crippen LogP contribution is 2.22. The number of carbonyl (C=O) groups is 2. The fourth-order valence-corrected chi connectivity index (χ4v) is 3.10. The molecule has 1 unspecified atom stereocenters. The minimum Gasteiger partial charge on any atom is -0.463 e. The Balaban J connectivity index is 1.79. The molecule has 4 heterocycles. The third-order valence-corrected chi connectivity index (χ3v) is 4.37. The summed E-state index contributed by atoms with van der Waals surface area (Å²) in [6, 6.07) is 5.11. The maximum absolute atomic E-state index is 12.9. The molecule has 1 atom stereocenters. The third kappa shape index (κ3) is 2.93. The van der Waals surface area contributed by atoms with Gasteiger partial charge >= 0.3 is 0 Å². The fourth-order valence-electron chi connectivity index (χ4n) is 3.10. The molecule has 1 fully saturated rings. The van der Waals surface area contributed by atoms with E-state index in [2.05, 4.69) is 20.6 Å². The topological polar surface area (TPSA) is 128 Å². The van der Waals surface area contributed by atoms with E-state index in [1.807, 2.05) is 0 Å². The lowest BCUT2D eigenvalue weighted by Gasteiger charge is -2.24. The van der Waals surface area contributed by atoms with Gasteiger partial charge in [-0.15, -0.1) is 0 Å². The van der Waals surface area contributed by atoms with Crippen molar-refractivity contribution in [1.82, 2.24) is 25.0 Å². The van der Waals surface area contributed by atoms with Crippen LogP contribution in [0.4, 0.5) is 0 Å². The van der Waals surface area contributed by atoms with E-state index in [1.54, 1.807) is 18.2 Å². The summed E-state index contributed by atoms with van der Waals surface area (Å²) in [5, 5.41) is 6.27. The molecule has 2 amide bonds. The van der Waals surface area contributed by atoms with E-state index in [0.29, 0.717) is 17.1 Å². The van der Waals surface area contributed by atoms with Gasteiger partial charge in [0.1, 0.15) is 17.7 Å². The van der Waals surface area contributed by atoms with Crippen LogP contribution in [-0.2, 0) is 0 Å². The second-order valence-electron chi connectivity index (χ2n) is 6.17. The molecule has 9 heteroatoms. The molecule has 3 aromatic rings. The van der Waals surface area contributed by atoms with Gasteiger partial charge in [0.05, 0.1) is 6.26 Å². The largest absolute Gasteiger partial charge is 0.463 e. The summed E-state index contributed by atoms with van der Waals surface area (Å²) in [7, 11) is 0. The van der Waals surface area contributed by atoms with Crippen LogP contribution in [0.3, 0.4) is 0 Å². The summed E-state index contributed by atoms with van der Waals surface area (Å²) in [4.78, 5) is 32.9. The van der Waals surface area contributed by atoms with Crippen LogP contribution in [-0.4, -0.2) is 45.3 Å². The van der Waals surface area contributed by atoms with Gasteiger partial charge in [-0.05, 0) is 37.6 Å². The zero-order valence-electron chi connectivity index (χ0n) is 13.9. The Morgan fingerprint density at radius 1 is 1.42 bits per heavy atom. The van der Waals surface area contributed by atoms with Gasteiger partial charge in [0.15, 0.2) is 17.1 Å². The first-order valence-electron chi connectivity index (χ1n) is 8.37. The maximum atomic E-state index is 12.9. The predicted molar refractivity (Wildman–Crippen MR) is 92.6 cm³/mol. The van der Waals surface area contributed by atoms with Gasteiger partial charge in [0, 0.05) is 12.6 Å². The van der Waals surface area contributed by atoms with Crippen LogP contribution in [0.25, 0.3) is 17.1 Å². The van der Waals surface area contributed by atoms with Crippen LogP contribution in [0.5, 0.6) is 0 Å². The standard InChI is InChI=1S/C17H18N6O3/c18-15(24)14-16-22-11(13-4-2-6-26-13)7-12(23(16)9-20-14)17(25)21-10-3-1-5-19-8-10/h2,4,6-7,9-10,19H,1,3,5,8H2,(H2,18,24)(H,21,25). The first-order valence-corrected chi connectivity index (χ1v) is 8.37. The number of nitrogens with zero attached hydrogens (tertiary/aromatic N) is 3. The molecule has 9 nitrogen and oxygen atoms in total. The minimum atomic E-state index is -0.709. The lowest BCUT2D eigenvalue weighted by Crippen LogP contribution is -2.46. The number of hydrogen-bond donors (Lipinski definition) is 3. The lowest BCUT2D eigenvalue weighted by molar-refractivity contribution is 0.0923. The van der Waals surface area contributed by atoms with Gasteiger partial charge < -0.3 is 20.8 Å². The Morgan fingerprint density at radius 2 is 2.31 bits per heavy atom. The number of furan rings is 1. The zero-order valence-corrected chi connectivity index (χ0v) is 13.9. The number of hydrogen-bond acceptors (Lipinski definition) is 6. The van der Waals surface area contributed by atoms with Crippen molar-refractivity contribution < 1.29 is 14.0 Å². The summed E-state index contributed by atoms with van der Waals surface area (Å²) >= 11 is 0. The molecule has 4 rings (SSSR count). The molecule has 1 aliphatic heterocycles. The molecule has 1 saturated heterocycles. The van der Waals surface area contributed by atoms with Gasteiger partial charge in [-0.25, -0.2) is 9.97 Å². The molecule has 0 saturated carbocycles. The summed E-state index contributed by atoms with van der Waals surface area (Å²) in [6.07, 6.45) is 4.81. The van der Waals surface area contributed by atoms with E-state index >= 15 is 0 Å². The summed E-state index contributed by atoms with van der Waals surface area (Å²) in [5.41, 5.74) is 6.35. The van der Waals surface area contributed by atoms with E-state index in [4.69, 9.17) is 10.2 Å². The summed E-state index contributed by atoms with van der Waals surface area (Å²) in [5.74, 6) is -0.496. The fraction of sp³-hybridized carbons (Fsp3) is 0.294. The molecule has 26 heavy (non-hydrogen) atoms. The summed E-state index contributed by atoms with van der Waals surface area (Å²) < 4.78 is 6.85. The molecule has 1 aliphatic rings. The Morgan fingerprint density at radius 3 is 3.00 bits per heavy atom. The van der Waals surface area contributed by atoms with Crippen LogP contribution in [0.15, 0.2) is 35.2 Å². The minimum absolute atomic E-state index is 0.00629. The molecule has 0 bridgehead atoms. The van der Waals surface area contributed by atoms with Crippen molar-refractivity contribution in [2.75, 3.05) is 13.1 Å². The molecule has 0 aromatic carbocycles. The van der Waals surface area contributed by atoms with Crippen molar-refractivity contribution in [2.45, 2.75) is 18.9 Å². The highest BCUT2D eigenvalue weighted by atomic mass is 16.3. The van der Waals surface area contributed by atoms with Gasteiger partial charge in [-0.1, -0.05) is 0 Å². The molecule has 3 aromatic heterocycles. The van der Waals surface area contributed by atoms with E-state index in [9.17, 15) is 9.59 Å². The average molecular weight is 354 g/mol. The number of rotatable bonds is 4. The number of aromatic nitrogens is 3. The molecule has 134 valence electrons. The first kappa shape index (κ1) is 16.3. The van der Waals surface area contributed by atoms with E-state index < -0.39 is 5.91 Å². The monoisotopic (exact) mass is 354 g/mol. The van der Waals surface area contributed by atoms with Crippen LogP contribution in [0.2, 0.25) is 0 Å². The third-order valence-electron chi connectivity index (χ3n) is 4.37. The van der Waals surface area contributed by atoms with Crippen LogP contribution >= 0.6 is 0 Å². The van der Waals surface area contributed by atoms with Crippen LogP contribution < -0.4 is 16.4 Å². The van der Waals surface area contributed by atoms with E-state index in [0.717, 1.165) is 25.9 Å². The summed E-state index contributed by atoms with van der Waals surface area (Å²) in [6.45, 7) is 1.68. The number of piperidine rings is 1. The molecule has 0 spiro atoms. The number of nitrogens with two attached hydrogens (primary N) is 1. The molecule has 0 radical (unpaired) electrons. The quantitative estimate of drug-likeness (QED) is 0.628. The molecular formula is C17H18N6O3. The number of amides is 2. The predicted octanol–water partition coefficient (Wildman–Crippen LogP) is 0.570. The second kappa shape index (κ2) is 6.60. The van der Waals surface area contributed by atoms with Gasteiger partial charge in [-0.2, -0.15) is 0 Å². The number of primary amides is 1. The Bertz CT molecular complexity index is 956. The second-order valence-corrected chi connectivity index (χ2v) is 6.17. The lowest BCUT2D eigenvalue weighted by atomic mass is 10.1. The average Bonchev–Trinajstić information content (AvgIpc) is 3.31. The number of nitrogens with one attached hydrogen (secondary N) is 2. The van der Waals surface area contributed by atoms with Gasteiger partial charge in [-0.3, -0.25) is 14.0 Å². The highest BCUT2D eigenvalue weighted by molar-refractivity contribution is 5.99.